The van der Waals surface area contributed by atoms with E-state index in [0.29, 0.717) is 32.3 Å². The SMILES string of the molecule is Cc1cc(Oc2ncnc(Nc3ccc(Cl)c(Cl)c3)c2N)cc(C)c1Cl. The quantitative estimate of drug-likeness (QED) is 0.539. The summed E-state index contributed by atoms with van der Waals surface area (Å²) in [6.07, 6.45) is 1.36. The zero-order valence-corrected chi connectivity index (χ0v) is 16.2. The molecule has 0 fully saturated rings. The second kappa shape index (κ2) is 7.58. The predicted molar refractivity (Wildman–Crippen MR) is 107 cm³/mol. The van der Waals surface area contributed by atoms with Gasteiger partial charge < -0.3 is 15.8 Å². The Labute approximate surface area is 166 Å². The first-order valence-electron chi connectivity index (χ1n) is 7.62. The van der Waals surface area contributed by atoms with Crippen LogP contribution in [0.5, 0.6) is 11.6 Å². The van der Waals surface area contributed by atoms with E-state index in [4.69, 9.17) is 45.3 Å². The van der Waals surface area contributed by atoms with Gasteiger partial charge in [-0.25, -0.2) is 4.98 Å². The zero-order chi connectivity index (χ0) is 18.8. The zero-order valence-electron chi connectivity index (χ0n) is 14.0. The number of hydrogen-bond acceptors (Lipinski definition) is 5. The van der Waals surface area contributed by atoms with E-state index in [2.05, 4.69) is 15.3 Å². The molecule has 0 saturated heterocycles. The van der Waals surface area contributed by atoms with Crippen LogP contribution in [-0.4, -0.2) is 9.97 Å². The number of rotatable bonds is 4. The van der Waals surface area contributed by atoms with Crippen LogP contribution in [0, 0.1) is 13.8 Å². The Morgan fingerprint density at radius 3 is 2.31 bits per heavy atom. The smallest absolute Gasteiger partial charge is 0.248 e. The van der Waals surface area contributed by atoms with Crippen molar-refractivity contribution < 1.29 is 4.74 Å². The molecular weight excluding hydrogens is 395 g/mol. The van der Waals surface area contributed by atoms with Gasteiger partial charge in [0.15, 0.2) is 5.82 Å². The lowest BCUT2D eigenvalue weighted by Crippen LogP contribution is -2.03. The molecule has 3 aromatic rings. The molecule has 0 spiro atoms. The highest BCUT2D eigenvalue weighted by Crippen LogP contribution is 2.34. The third kappa shape index (κ3) is 3.96. The number of aryl methyl sites for hydroxylation is 2. The Morgan fingerprint density at radius 2 is 1.65 bits per heavy atom. The number of nitrogens with two attached hydrogens (primary N) is 1. The summed E-state index contributed by atoms with van der Waals surface area (Å²) >= 11 is 18.1. The van der Waals surface area contributed by atoms with Crippen LogP contribution < -0.4 is 15.8 Å². The number of nitrogens with one attached hydrogen (secondary N) is 1. The van der Waals surface area contributed by atoms with Crippen LogP contribution in [0.1, 0.15) is 11.1 Å². The Kier molecular flexibility index (Phi) is 5.41. The molecule has 1 heterocycles. The summed E-state index contributed by atoms with van der Waals surface area (Å²) in [7, 11) is 0. The number of benzene rings is 2. The molecule has 134 valence electrons. The first kappa shape index (κ1) is 18.6. The van der Waals surface area contributed by atoms with Gasteiger partial charge in [0, 0.05) is 10.7 Å². The summed E-state index contributed by atoms with van der Waals surface area (Å²) in [5.41, 5.74) is 8.92. The Hall–Kier alpha value is -2.21. The van der Waals surface area contributed by atoms with E-state index >= 15 is 0 Å². The summed E-state index contributed by atoms with van der Waals surface area (Å²) in [6, 6.07) is 8.77. The van der Waals surface area contributed by atoms with E-state index in [9.17, 15) is 0 Å². The Balaban J connectivity index is 1.88. The van der Waals surface area contributed by atoms with Crippen LogP contribution in [-0.2, 0) is 0 Å². The van der Waals surface area contributed by atoms with Crippen LogP contribution in [0.4, 0.5) is 17.2 Å². The molecule has 0 aliphatic heterocycles. The number of nitrogen functional groups attached to an aromatic ring is 1. The lowest BCUT2D eigenvalue weighted by molar-refractivity contribution is 0.464. The minimum Gasteiger partial charge on any atom is -0.437 e. The summed E-state index contributed by atoms with van der Waals surface area (Å²) in [5.74, 6) is 1.23. The molecule has 0 aliphatic rings. The van der Waals surface area contributed by atoms with Crippen molar-refractivity contribution in [2.45, 2.75) is 13.8 Å². The predicted octanol–water partition coefficient (Wildman–Crippen LogP) is 6.17. The van der Waals surface area contributed by atoms with Crippen molar-refractivity contribution in [3.05, 3.63) is 62.9 Å². The maximum atomic E-state index is 6.19. The van der Waals surface area contributed by atoms with E-state index in [1.54, 1.807) is 18.2 Å². The maximum absolute atomic E-state index is 6.19. The number of nitrogens with zero attached hydrogens (tertiary/aromatic N) is 2. The first-order valence-corrected chi connectivity index (χ1v) is 8.75. The van der Waals surface area contributed by atoms with E-state index in [-0.39, 0.29) is 11.6 Å². The fraction of sp³-hybridized carbons (Fsp3) is 0.111. The normalized spacial score (nSPS) is 10.7. The van der Waals surface area contributed by atoms with Crippen LogP contribution in [0.2, 0.25) is 15.1 Å². The largest absolute Gasteiger partial charge is 0.437 e. The molecule has 8 heteroatoms. The molecule has 0 amide bonds. The van der Waals surface area contributed by atoms with Gasteiger partial charge in [0.1, 0.15) is 17.8 Å². The van der Waals surface area contributed by atoms with E-state index in [0.717, 1.165) is 11.1 Å². The minimum absolute atomic E-state index is 0.240. The van der Waals surface area contributed by atoms with E-state index in [1.165, 1.54) is 6.33 Å². The lowest BCUT2D eigenvalue weighted by Gasteiger charge is -2.13. The molecule has 5 nitrogen and oxygen atoms in total. The van der Waals surface area contributed by atoms with Crippen molar-refractivity contribution in [3.63, 3.8) is 0 Å². The van der Waals surface area contributed by atoms with Crippen molar-refractivity contribution in [1.29, 1.82) is 0 Å². The van der Waals surface area contributed by atoms with Crippen LogP contribution in [0.25, 0.3) is 0 Å². The average molecular weight is 410 g/mol. The number of hydrogen-bond donors (Lipinski definition) is 2. The molecule has 0 saturated carbocycles. The molecule has 0 radical (unpaired) electrons. The molecule has 3 N–H and O–H groups in total. The van der Waals surface area contributed by atoms with Gasteiger partial charge in [-0.2, -0.15) is 4.98 Å². The molecule has 2 aromatic carbocycles. The number of halogens is 3. The standard InChI is InChI=1S/C18H15Cl3N4O/c1-9-5-12(6-10(2)15(9)21)26-18-16(22)17(23-8-24-18)25-11-3-4-13(19)14(20)7-11/h3-8H,22H2,1-2H3,(H,23,24,25). The summed E-state index contributed by atoms with van der Waals surface area (Å²) in [4.78, 5) is 8.26. The molecule has 3 rings (SSSR count). The van der Waals surface area contributed by atoms with Gasteiger partial charge in [0.25, 0.3) is 0 Å². The van der Waals surface area contributed by atoms with Gasteiger partial charge in [0.2, 0.25) is 5.88 Å². The fourth-order valence-corrected chi connectivity index (χ4v) is 2.75. The lowest BCUT2D eigenvalue weighted by atomic mass is 10.1. The van der Waals surface area contributed by atoms with E-state index in [1.807, 2.05) is 26.0 Å². The first-order chi connectivity index (χ1) is 12.3. The van der Waals surface area contributed by atoms with Crippen molar-refractivity contribution >= 4 is 52.0 Å². The molecule has 1 aromatic heterocycles. The van der Waals surface area contributed by atoms with E-state index < -0.39 is 0 Å². The average Bonchev–Trinajstić information content (AvgIpc) is 2.59. The number of aromatic nitrogens is 2. The highest BCUT2D eigenvalue weighted by atomic mass is 35.5. The maximum Gasteiger partial charge on any atom is 0.248 e. The number of anilines is 3. The molecule has 0 aliphatic carbocycles. The van der Waals surface area contributed by atoms with Gasteiger partial charge in [-0.05, 0) is 55.3 Å². The second-order valence-electron chi connectivity index (χ2n) is 5.67. The van der Waals surface area contributed by atoms with Crippen LogP contribution >= 0.6 is 34.8 Å². The Morgan fingerprint density at radius 1 is 0.962 bits per heavy atom. The van der Waals surface area contributed by atoms with Gasteiger partial charge in [0.05, 0.1) is 10.0 Å². The Bertz CT molecular complexity index is 956. The summed E-state index contributed by atoms with van der Waals surface area (Å²) < 4.78 is 5.83. The monoisotopic (exact) mass is 408 g/mol. The van der Waals surface area contributed by atoms with Crippen molar-refractivity contribution in [3.8, 4) is 11.6 Å². The van der Waals surface area contributed by atoms with Crippen LogP contribution in [0.15, 0.2) is 36.7 Å². The topological polar surface area (TPSA) is 73.1 Å². The summed E-state index contributed by atoms with van der Waals surface area (Å²) in [5, 5.41) is 4.67. The van der Waals surface area contributed by atoms with Crippen molar-refractivity contribution in [2.75, 3.05) is 11.1 Å². The highest BCUT2D eigenvalue weighted by molar-refractivity contribution is 6.42. The molecule has 0 atom stereocenters. The van der Waals surface area contributed by atoms with Gasteiger partial charge in [-0.3, -0.25) is 0 Å². The van der Waals surface area contributed by atoms with Gasteiger partial charge in [-0.15, -0.1) is 0 Å². The molecule has 0 unspecified atom stereocenters. The number of ether oxygens (including phenoxy) is 1. The molecule has 0 bridgehead atoms. The minimum atomic E-state index is 0.240. The molecular formula is C18H15Cl3N4O. The molecule has 26 heavy (non-hydrogen) atoms. The summed E-state index contributed by atoms with van der Waals surface area (Å²) in [6.45, 7) is 3.81. The second-order valence-corrected chi connectivity index (χ2v) is 6.86. The third-order valence-electron chi connectivity index (χ3n) is 3.65. The third-order valence-corrected chi connectivity index (χ3v) is 4.99. The van der Waals surface area contributed by atoms with Gasteiger partial charge >= 0.3 is 0 Å². The van der Waals surface area contributed by atoms with Crippen LogP contribution in [0.3, 0.4) is 0 Å². The highest BCUT2D eigenvalue weighted by Gasteiger charge is 2.12. The fourth-order valence-electron chi connectivity index (χ4n) is 2.35. The van der Waals surface area contributed by atoms with Crippen molar-refractivity contribution in [2.24, 2.45) is 0 Å². The van der Waals surface area contributed by atoms with Crippen molar-refractivity contribution in [1.82, 2.24) is 9.97 Å². The van der Waals surface area contributed by atoms with Gasteiger partial charge in [-0.1, -0.05) is 34.8 Å².